The maximum Gasteiger partial charge on any atom is 0.165 e. The third-order valence-corrected chi connectivity index (χ3v) is 7.05. The lowest BCUT2D eigenvalue weighted by Crippen LogP contribution is -2.58. The summed E-state index contributed by atoms with van der Waals surface area (Å²) in [4.78, 5) is 6.14. The largest absolute Gasteiger partial charge is 0.256 e. The summed E-state index contributed by atoms with van der Waals surface area (Å²) < 4.78 is 14.7. The van der Waals surface area contributed by atoms with E-state index in [-0.39, 0.29) is 11.5 Å². The number of benzene rings is 1. The van der Waals surface area contributed by atoms with E-state index in [2.05, 4.69) is 17.6 Å². The Hall–Kier alpha value is -1.21. The van der Waals surface area contributed by atoms with E-state index in [4.69, 9.17) is 4.84 Å². The fourth-order valence-electron chi connectivity index (χ4n) is 4.65. The molecule has 2 bridgehead atoms. The van der Waals surface area contributed by atoms with Crippen LogP contribution in [0.5, 0.6) is 0 Å². The van der Waals surface area contributed by atoms with E-state index >= 15 is 0 Å². The van der Waals surface area contributed by atoms with Crippen molar-refractivity contribution in [1.29, 1.82) is 0 Å². The van der Waals surface area contributed by atoms with Gasteiger partial charge in [0.1, 0.15) is 10.8 Å². The summed E-state index contributed by atoms with van der Waals surface area (Å²) in [5, 5.41) is 6.05. The van der Waals surface area contributed by atoms with Gasteiger partial charge >= 0.3 is 0 Å². The van der Waals surface area contributed by atoms with Crippen LogP contribution in [0.1, 0.15) is 32.1 Å². The minimum absolute atomic E-state index is 0.159. The molecule has 6 rings (SSSR count). The molecule has 1 N–H and O–H groups in total. The zero-order chi connectivity index (χ0) is 15.6. The molecule has 0 unspecified atom stereocenters. The van der Waals surface area contributed by atoms with Gasteiger partial charge < -0.3 is 0 Å². The van der Waals surface area contributed by atoms with Crippen molar-refractivity contribution >= 4 is 26.4 Å². The van der Waals surface area contributed by atoms with Gasteiger partial charge in [0.25, 0.3) is 0 Å². The number of hydrogen-bond donors (Lipinski definition) is 1. The van der Waals surface area contributed by atoms with Gasteiger partial charge in [-0.1, -0.05) is 17.7 Å². The topological polar surface area (TPSA) is 27.7 Å². The van der Waals surface area contributed by atoms with Crippen molar-refractivity contribution < 1.29 is 9.23 Å². The van der Waals surface area contributed by atoms with Crippen molar-refractivity contribution in [2.24, 2.45) is 11.8 Å². The summed E-state index contributed by atoms with van der Waals surface area (Å²) >= 11 is 1.46. The fraction of sp³-hybridized carbons (Fsp3) is 0.529. The van der Waals surface area contributed by atoms with Crippen LogP contribution in [0.15, 0.2) is 24.3 Å². The van der Waals surface area contributed by atoms with Crippen molar-refractivity contribution in [3.63, 3.8) is 0 Å². The Morgan fingerprint density at radius 1 is 1.30 bits per heavy atom. The highest BCUT2D eigenvalue weighted by molar-refractivity contribution is 7.22. The molecule has 1 aromatic carbocycles. The molecule has 4 aliphatic rings. The van der Waals surface area contributed by atoms with Crippen molar-refractivity contribution in [2.45, 2.75) is 37.8 Å². The quantitative estimate of drug-likeness (QED) is 0.852. The van der Waals surface area contributed by atoms with Crippen LogP contribution in [0.2, 0.25) is 0 Å². The maximum atomic E-state index is 14.0. The van der Waals surface area contributed by atoms with E-state index < -0.39 is 0 Å². The van der Waals surface area contributed by atoms with E-state index in [1.807, 2.05) is 17.3 Å². The predicted molar refractivity (Wildman–Crippen MR) is 89.0 cm³/mol. The van der Waals surface area contributed by atoms with Crippen LogP contribution in [0.4, 0.5) is 9.39 Å². The van der Waals surface area contributed by atoms with Gasteiger partial charge in [-0.2, -0.15) is 5.01 Å². The molecule has 1 atom stereocenters. The van der Waals surface area contributed by atoms with Gasteiger partial charge in [0, 0.05) is 13.0 Å². The number of hydrazine groups is 2. The molecule has 0 radical (unpaired) electrons. The van der Waals surface area contributed by atoms with Gasteiger partial charge in [-0.05, 0) is 55.5 Å². The van der Waals surface area contributed by atoms with E-state index in [9.17, 15) is 4.39 Å². The Bertz CT molecular complexity index is 757. The highest BCUT2D eigenvalue weighted by Crippen LogP contribution is 2.52. The number of rotatable bonds is 1. The molecule has 1 aliphatic heterocycles. The van der Waals surface area contributed by atoms with Gasteiger partial charge in [0.15, 0.2) is 5.72 Å². The Kier molecular flexibility index (Phi) is 3.01. The van der Waals surface area contributed by atoms with Crippen LogP contribution in [-0.4, -0.2) is 17.8 Å². The zero-order valence-corrected chi connectivity index (χ0v) is 13.9. The van der Waals surface area contributed by atoms with Crippen LogP contribution in [0, 0.1) is 17.7 Å². The zero-order valence-electron chi connectivity index (χ0n) is 13.1. The molecular formula is C17H20FN3OS. The molecule has 1 saturated heterocycles. The maximum absolute atomic E-state index is 14.0. The highest BCUT2D eigenvalue weighted by Gasteiger charge is 2.56. The van der Waals surface area contributed by atoms with Crippen molar-refractivity contribution in [3.05, 3.63) is 30.1 Å². The van der Waals surface area contributed by atoms with Gasteiger partial charge in [-0.15, -0.1) is 11.3 Å². The highest BCUT2D eigenvalue weighted by atomic mass is 32.1. The number of nitrogens with one attached hydrogen (secondary N) is 1. The number of halogens is 1. The summed E-state index contributed by atoms with van der Waals surface area (Å²) in [6, 6.07) is 7.25. The average molecular weight is 333 g/mol. The SMILES string of the molecule is CN1N(c2cc3cccc(F)c3s2)NO[C@@]12CC1CCC2CC1. The molecule has 3 saturated carbocycles. The Morgan fingerprint density at radius 2 is 2.13 bits per heavy atom. The molecule has 1 aromatic heterocycles. The van der Waals surface area contributed by atoms with Crippen molar-refractivity contribution in [2.75, 3.05) is 12.2 Å². The van der Waals surface area contributed by atoms with Crippen molar-refractivity contribution in [3.8, 4) is 0 Å². The smallest absolute Gasteiger partial charge is 0.165 e. The molecule has 1 spiro atoms. The third-order valence-electron chi connectivity index (χ3n) is 5.91. The summed E-state index contributed by atoms with van der Waals surface area (Å²) in [6.45, 7) is 0. The second kappa shape index (κ2) is 4.89. The molecule has 4 fully saturated rings. The minimum atomic E-state index is -0.240. The summed E-state index contributed by atoms with van der Waals surface area (Å²) in [5.74, 6) is 1.18. The number of nitrogens with zero attached hydrogens (tertiary/aromatic N) is 2. The monoisotopic (exact) mass is 333 g/mol. The Morgan fingerprint density at radius 3 is 2.83 bits per heavy atom. The molecule has 23 heavy (non-hydrogen) atoms. The first-order chi connectivity index (χ1) is 11.2. The van der Waals surface area contributed by atoms with E-state index in [0.717, 1.165) is 22.7 Å². The van der Waals surface area contributed by atoms with E-state index in [1.165, 1.54) is 43.1 Å². The first-order valence-corrected chi connectivity index (χ1v) is 9.14. The molecular weight excluding hydrogens is 313 g/mol. The van der Waals surface area contributed by atoms with Crippen LogP contribution >= 0.6 is 11.3 Å². The lowest BCUT2D eigenvalue weighted by atomic mass is 9.65. The third kappa shape index (κ3) is 1.92. The lowest BCUT2D eigenvalue weighted by molar-refractivity contribution is -0.193. The number of hydrogen-bond acceptors (Lipinski definition) is 5. The van der Waals surface area contributed by atoms with Gasteiger partial charge in [-0.25, -0.2) is 9.51 Å². The predicted octanol–water partition coefficient (Wildman–Crippen LogP) is 4.05. The standard InChI is InChI=1S/C17H20FN3OS/c1-20-17(10-11-5-7-13(17)8-6-11)22-19-21(20)15-9-12-3-2-4-14(18)16(12)23-15/h2-4,9,11,13,19H,5-8,10H2,1H3/t11?,13?,17-/m1/s1. The number of anilines is 1. The average Bonchev–Trinajstić information content (AvgIpc) is 3.13. The van der Waals surface area contributed by atoms with Crippen LogP contribution in [0.25, 0.3) is 10.1 Å². The molecule has 0 amide bonds. The molecule has 2 aromatic rings. The summed E-state index contributed by atoms with van der Waals surface area (Å²) in [7, 11) is 2.08. The van der Waals surface area contributed by atoms with Gasteiger partial charge in [0.2, 0.25) is 0 Å². The second-order valence-electron chi connectivity index (χ2n) is 7.04. The van der Waals surface area contributed by atoms with E-state index in [1.54, 1.807) is 6.07 Å². The van der Waals surface area contributed by atoms with Crippen molar-refractivity contribution in [1.82, 2.24) is 10.6 Å². The lowest BCUT2D eigenvalue weighted by Gasteiger charge is -2.50. The summed E-state index contributed by atoms with van der Waals surface area (Å²) in [6.07, 6.45) is 6.23. The Balaban J connectivity index is 1.51. The van der Waals surface area contributed by atoms with E-state index in [0.29, 0.717) is 10.6 Å². The number of fused-ring (bicyclic) bond motifs is 3. The molecule has 6 heteroatoms. The summed E-state index contributed by atoms with van der Waals surface area (Å²) in [5.41, 5.74) is 2.86. The van der Waals surface area contributed by atoms with Gasteiger partial charge in [-0.3, -0.25) is 4.84 Å². The van der Waals surface area contributed by atoms with Crippen LogP contribution < -0.4 is 10.7 Å². The minimum Gasteiger partial charge on any atom is -0.256 e. The van der Waals surface area contributed by atoms with Crippen LogP contribution in [0.3, 0.4) is 0 Å². The first-order valence-electron chi connectivity index (χ1n) is 8.33. The van der Waals surface area contributed by atoms with Gasteiger partial charge in [0.05, 0.1) is 4.70 Å². The molecule has 2 heterocycles. The number of thiophene rings is 1. The van der Waals surface area contributed by atoms with Crippen LogP contribution in [-0.2, 0) is 4.84 Å². The molecule has 3 aliphatic carbocycles. The molecule has 4 nitrogen and oxygen atoms in total. The Labute approximate surface area is 138 Å². The second-order valence-corrected chi connectivity index (χ2v) is 8.07. The normalized spacial score (nSPS) is 34.1. The first kappa shape index (κ1) is 14.2. The molecule has 122 valence electrons. The fourth-order valence-corrected chi connectivity index (χ4v) is 5.70.